The number of hydrazine groups is 1. The number of nitrogens with one attached hydrogen (secondary N) is 2. The predicted molar refractivity (Wildman–Crippen MR) is 45.6 cm³/mol. The van der Waals surface area contributed by atoms with Crippen molar-refractivity contribution < 1.29 is 4.79 Å². The van der Waals surface area contributed by atoms with Crippen LogP contribution >= 0.6 is 0 Å². The molecule has 2 N–H and O–H groups in total. The van der Waals surface area contributed by atoms with E-state index in [1.54, 1.807) is 0 Å². The summed E-state index contributed by atoms with van der Waals surface area (Å²) in [4.78, 5) is 11.4. The highest BCUT2D eigenvalue weighted by Crippen LogP contribution is 2.10. The first-order valence-electron chi connectivity index (χ1n) is 3.95. The molecule has 0 unspecified atom stereocenters. The van der Waals surface area contributed by atoms with Gasteiger partial charge in [0.25, 0.3) is 0 Å². The number of carbonyl (C=O) groups is 1. The summed E-state index contributed by atoms with van der Waals surface area (Å²) in [5.74, 6) is 0.149. The first kappa shape index (κ1) is 7.46. The summed E-state index contributed by atoms with van der Waals surface area (Å²) in [6.07, 6.45) is 0. The second-order valence-electron chi connectivity index (χ2n) is 2.79. The fourth-order valence-corrected chi connectivity index (χ4v) is 1.34. The Bertz CT molecular complexity index is 309. The van der Waals surface area contributed by atoms with E-state index in [1.165, 1.54) is 0 Å². The van der Waals surface area contributed by atoms with Crippen LogP contribution in [0.15, 0.2) is 24.3 Å². The predicted octanol–water partition coefficient (Wildman–Crippen LogP) is 0.477. The molecule has 2 rings (SSSR count). The van der Waals surface area contributed by atoms with Gasteiger partial charge in [-0.2, -0.15) is 0 Å². The lowest BCUT2D eigenvalue weighted by atomic mass is 10.0. The van der Waals surface area contributed by atoms with Crippen molar-refractivity contribution in [2.24, 2.45) is 0 Å². The van der Waals surface area contributed by atoms with Crippen molar-refractivity contribution in [2.45, 2.75) is 6.54 Å². The van der Waals surface area contributed by atoms with Crippen LogP contribution in [-0.4, -0.2) is 12.3 Å². The second kappa shape index (κ2) is 3.05. The number of carbonyl (C=O) groups excluding carboxylic acids is 1. The highest BCUT2D eigenvalue weighted by atomic mass is 16.1. The lowest BCUT2D eigenvalue weighted by Gasteiger charge is -2.01. The number of hydrogen-bond acceptors (Lipinski definition) is 3. The van der Waals surface area contributed by atoms with E-state index in [9.17, 15) is 4.79 Å². The van der Waals surface area contributed by atoms with Crippen LogP contribution in [0.3, 0.4) is 0 Å². The van der Waals surface area contributed by atoms with Crippen LogP contribution in [0.1, 0.15) is 15.9 Å². The summed E-state index contributed by atoms with van der Waals surface area (Å²) in [5, 5.41) is 0. The Kier molecular flexibility index (Phi) is 1.89. The van der Waals surface area contributed by atoms with Crippen molar-refractivity contribution in [1.82, 2.24) is 10.9 Å². The van der Waals surface area contributed by atoms with Crippen molar-refractivity contribution in [1.29, 1.82) is 0 Å². The van der Waals surface area contributed by atoms with Gasteiger partial charge in [0.1, 0.15) is 0 Å². The van der Waals surface area contributed by atoms with Crippen molar-refractivity contribution in [2.75, 3.05) is 6.54 Å². The molecule has 0 amide bonds. The minimum atomic E-state index is 0.149. The van der Waals surface area contributed by atoms with E-state index < -0.39 is 0 Å². The van der Waals surface area contributed by atoms with E-state index in [-0.39, 0.29) is 5.78 Å². The molecule has 1 heterocycles. The van der Waals surface area contributed by atoms with Gasteiger partial charge in [0, 0.05) is 12.1 Å². The van der Waals surface area contributed by atoms with E-state index in [0.717, 1.165) is 11.1 Å². The standard InChI is InChI=1S/C9H10N2O/c12-9-6-11-10-5-7-3-1-2-4-8(7)9/h1-4,10-11H,5-6H2. The van der Waals surface area contributed by atoms with Crippen LogP contribution in [-0.2, 0) is 6.54 Å². The van der Waals surface area contributed by atoms with Gasteiger partial charge < -0.3 is 0 Å². The number of benzene rings is 1. The van der Waals surface area contributed by atoms with Crippen molar-refractivity contribution >= 4 is 5.78 Å². The summed E-state index contributed by atoms with van der Waals surface area (Å²) < 4.78 is 0. The quantitative estimate of drug-likeness (QED) is 0.583. The zero-order valence-corrected chi connectivity index (χ0v) is 6.63. The topological polar surface area (TPSA) is 41.1 Å². The van der Waals surface area contributed by atoms with Crippen LogP contribution in [0.4, 0.5) is 0 Å². The number of fused-ring (bicyclic) bond motifs is 1. The Balaban J connectivity index is 2.46. The molecule has 1 aromatic rings. The number of ketones is 1. The minimum absolute atomic E-state index is 0.149. The highest BCUT2D eigenvalue weighted by Gasteiger charge is 2.12. The molecule has 1 aromatic carbocycles. The smallest absolute Gasteiger partial charge is 0.178 e. The van der Waals surface area contributed by atoms with Crippen molar-refractivity contribution in [3.05, 3.63) is 35.4 Å². The van der Waals surface area contributed by atoms with Crippen LogP contribution in [0.25, 0.3) is 0 Å². The number of hydrogen-bond donors (Lipinski definition) is 2. The Morgan fingerprint density at radius 2 is 1.83 bits per heavy atom. The maximum atomic E-state index is 11.4. The molecule has 0 saturated carbocycles. The monoisotopic (exact) mass is 162 g/mol. The van der Waals surface area contributed by atoms with E-state index >= 15 is 0 Å². The first-order valence-corrected chi connectivity index (χ1v) is 3.95. The molecule has 0 aliphatic carbocycles. The van der Waals surface area contributed by atoms with Gasteiger partial charge in [-0.15, -0.1) is 0 Å². The molecule has 0 fully saturated rings. The zero-order chi connectivity index (χ0) is 8.39. The molecule has 12 heavy (non-hydrogen) atoms. The average molecular weight is 162 g/mol. The Hall–Kier alpha value is -1.19. The molecule has 0 radical (unpaired) electrons. The van der Waals surface area contributed by atoms with E-state index in [1.807, 2.05) is 24.3 Å². The third-order valence-corrected chi connectivity index (χ3v) is 1.97. The van der Waals surface area contributed by atoms with E-state index in [0.29, 0.717) is 13.1 Å². The van der Waals surface area contributed by atoms with Gasteiger partial charge in [-0.25, -0.2) is 5.43 Å². The third kappa shape index (κ3) is 1.24. The molecule has 0 atom stereocenters. The van der Waals surface area contributed by atoms with E-state index in [4.69, 9.17) is 0 Å². The lowest BCUT2D eigenvalue weighted by Crippen LogP contribution is -2.32. The molecule has 0 bridgehead atoms. The van der Waals surface area contributed by atoms with Crippen LogP contribution < -0.4 is 10.9 Å². The second-order valence-corrected chi connectivity index (χ2v) is 2.79. The summed E-state index contributed by atoms with van der Waals surface area (Å²) >= 11 is 0. The summed E-state index contributed by atoms with van der Waals surface area (Å²) in [5.41, 5.74) is 7.70. The van der Waals surface area contributed by atoms with Gasteiger partial charge in [0.15, 0.2) is 5.78 Å². The van der Waals surface area contributed by atoms with Crippen LogP contribution in [0, 0.1) is 0 Å². The summed E-state index contributed by atoms with van der Waals surface area (Å²) in [6, 6.07) is 7.67. The fourth-order valence-electron chi connectivity index (χ4n) is 1.34. The third-order valence-electron chi connectivity index (χ3n) is 1.97. The van der Waals surface area contributed by atoms with Crippen molar-refractivity contribution in [3.8, 4) is 0 Å². The van der Waals surface area contributed by atoms with Gasteiger partial charge >= 0.3 is 0 Å². The first-order chi connectivity index (χ1) is 5.88. The minimum Gasteiger partial charge on any atom is -0.293 e. The molecule has 0 aromatic heterocycles. The van der Waals surface area contributed by atoms with Crippen LogP contribution in [0.5, 0.6) is 0 Å². The molecule has 1 aliphatic heterocycles. The normalized spacial score (nSPS) is 16.8. The number of Topliss-reactive ketones (excluding diaryl/α,β-unsaturated/α-hetero) is 1. The Morgan fingerprint density at radius 1 is 1.08 bits per heavy atom. The van der Waals surface area contributed by atoms with Crippen molar-refractivity contribution in [3.63, 3.8) is 0 Å². The maximum Gasteiger partial charge on any atom is 0.178 e. The molecular formula is C9H10N2O. The van der Waals surface area contributed by atoms with Gasteiger partial charge in [-0.3, -0.25) is 10.2 Å². The highest BCUT2D eigenvalue weighted by molar-refractivity contribution is 5.99. The fraction of sp³-hybridized carbons (Fsp3) is 0.222. The van der Waals surface area contributed by atoms with Crippen LogP contribution in [0.2, 0.25) is 0 Å². The Labute approximate surface area is 70.8 Å². The molecule has 1 aliphatic rings. The van der Waals surface area contributed by atoms with Gasteiger partial charge in [-0.1, -0.05) is 24.3 Å². The molecule has 62 valence electrons. The summed E-state index contributed by atoms with van der Waals surface area (Å²) in [7, 11) is 0. The SMILES string of the molecule is O=C1CNNCc2ccccc21. The number of rotatable bonds is 0. The molecule has 3 heteroatoms. The van der Waals surface area contributed by atoms with Gasteiger partial charge in [0.05, 0.1) is 6.54 Å². The summed E-state index contributed by atoms with van der Waals surface area (Å²) in [6.45, 7) is 1.08. The largest absolute Gasteiger partial charge is 0.293 e. The molecule has 3 nitrogen and oxygen atoms in total. The molecule has 0 saturated heterocycles. The Morgan fingerprint density at radius 3 is 2.75 bits per heavy atom. The molecular weight excluding hydrogens is 152 g/mol. The molecule has 0 spiro atoms. The maximum absolute atomic E-state index is 11.4. The average Bonchev–Trinajstić information content (AvgIpc) is 2.29. The van der Waals surface area contributed by atoms with E-state index in [2.05, 4.69) is 10.9 Å². The van der Waals surface area contributed by atoms with Gasteiger partial charge in [0.2, 0.25) is 0 Å². The van der Waals surface area contributed by atoms with Gasteiger partial charge in [-0.05, 0) is 5.56 Å². The lowest BCUT2D eigenvalue weighted by molar-refractivity contribution is 0.0990. The zero-order valence-electron chi connectivity index (χ0n) is 6.63.